The van der Waals surface area contributed by atoms with Crippen LogP contribution < -0.4 is 20.1 Å². The smallest absolute Gasteiger partial charge is 0.243 e. The molecule has 11 heteroatoms. The maximum atomic E-state index is 13.5. The van der Waals surface area contributed by atoms with E-state index in [1.54, 1.807) is 25.2 Å². The van der Waals surface area contributed by atoms with Crippen molar-refractivity contribution < 1.29 is 28.1 Å². The predicted molar refractivity (Wildman–Crippen MR) is 220 cm³/mol. The molecule has 1 aliphatic heterocycles. The van der Waals surface area contributed by atoms with Crippen molar-refractivity contribution >= 4 is 34.9 Å². The first-order valence-electron chi connectivity index (χ1n) is 18.2. The molecule has 3 aliphatic rings. The van der Waals surface area contributed by atoms with Gasteiger partial charge in [-0.3, -0.25) is 19.1 Å². The molecule has 292 valence electrons. The second-order valence-corrected chi connectivity index (χ2v) is 15.1. The lowest BCUT2D eigenvalue weighted by molar-refractivity contribution is -0.137. The molecule has 3 aromatic rings. The van der Waals surface area contributed by atoms with Gasteiger partial charge in [0.2, 0.25) is 18.2 Å². The summed E-state index contributed by atoms with van der Waals surface area (Å²) in [4.78, 5) is 38.0. The zero-order valence-electron chi connectivity index (χ0n) is 32.6. The SMILES string of the molecule is C#C.C=CC.CC(C)C.COc1cccc(NCC(=O)N2C[C@](OC)(c3ccc(-c4ccccc4)cc3)C[C@H]2C(=O)NC2CC2)c1.O=CNS(=O)C1CC1. The number of anilines is 1. The van der Waals surface area contributed by atoms with Gasteiger partial charge < -0.3 is 25.0 Å². The number of terminal acetylenes is 1. The molecule has 3 atom stereocenters. The van der Waals surface area contributed by atoms with Crippen molar-refractivity contribution in [3.8, 4) is 29.7 Å². The van der Waals surface area contributed by atoms with Gasteiger partial charge >= 0.3 is 0 Å². The minimum absolute atomic E-state index is 0.0626. The summed E-state index contributed by atoms with van der Waals surface area (Å²) in [5.74, 6) is 1.27. The van der Waals surface area contributed by atoms with Gasteiger partial charge in [0.15, 0.2) is 0 Å². The van der Waals surface area contributed by atoms with E-state index in [9.17, 15) is 18.6 Å². The van der Waals surface area contributed by atoms with Crippen LogP contribution in [0.1, 0.15) is 65.4 Å². The largest absolute Gasteiger partial charge is 0.497 e. The van der Waals surface area contributed by atoms with E-state index in [-0.39, 0.29) is 29.7 Å². The van der Waals surface area contributed by atoms with Crippen molar-refractivity contribution in [3.63, 3.8) is 0 Å². The average molecular weight is 759 g/mol. The molecule has 6 rings (SSSR count). The van der Waals surface area contributed by atoms with E-state index in [1.165, 1.54) is 0 Å². The quantitative estimate of drug-likeness (QED) is 0.105. The third-order valence-electron chi connectivity index (χ3n) is 8.29. The molecule has 0 radical (unpaired) electrons. The number of carbonyl (C=O) groups is 3. The van der Waals surface area contributed by atoms with Crippen LogP contribution in [0.4, 0.5) is 5.69 Å². The van der Waals surface area contributed by atoms with E-state index in [2.05, 4.69) is 79.8 Å². The second kappa shape index (κ2) is 23.7. The normalized spacial score (nSPS) is 18.5. The van der Waals surface area contributed by atoms with E-state index in [1.807, 2.05) is 61.5 Å². The summed E-state index contributed by atoms with van der Waals surface area (Å²) in [5, 5.41) is 6.51. The number of ether oxygens (including phenoxy) is 2. The van der Waals surface area contributed by atoms with Crippen LogP contribution in [0.2, 0.25) is 0 Å². The minimum Gasteiger partial charge on any atom is -0.497 e. The van der Waals surface area contributed by atoms with Gasteiger partial charge in [-0.05, 0) is 67.3 Å². The molecule has 10 nitrogen and oxygen atoms in total. The van der Waals surface area contributed by atoms with Gasteiger partial charge in [0.25, 0.3) is 0 Å². The van der Waals surface area contributed by atoms with Gasteiger partial charge in [-0.15, -0.1) is 19.4 Å². The molecule has 0 bridgehead atoms. The summed E-state index contributed by atoms with van der Waals surface area (Å²) >= 11 is 0. The van der Waals surface area contributed by atoms with Crippen molar-refractivity contribution in [2.24, 2.45) is 5.92 Å². The summed E-state index contributed by atoms with van der Waals surface area (Å²) in [6.07, 6.45) is 14.6. The van der Waals surface area contributed by atoms with Crippen LogP contribution in [0.5, 0.6) is 5.75 Å². The zero-order chi connectivity index (χ0) is 40.1. The first-order chi connectivity index (χ1) is 26.0. The molecule has 0 spiro atoms. The molecular weight excluding hydrogens is 701 g/mol. The number of benzene rings is 3. The highest BCUT2D eigenvalue weighted by atomic mass is 32.2. The van der Waals surface area contributed by atoms with Gasteiger partial charge in [0, 0.05) is 31.3 Å². The Morgan fingerprint density at radius 3 is 2.07 bits per heavy atom. The average Bonchev–Trinajstić information content (AvgIpc) is 4.14. The van der Waals surface area contributed by atoms with E-state index in [0.29, 0.717) is 25.1 Å². The maximum absolute atomic E-state index is 13.5. The second-order valence-electron chi connectivity index (χ2n) is 13.6. The topological polar surface area (TPSA) is 126 Å². The first kappa shape index (κ1) is 45.2. The number of nitrogens with zero attached hydrogens (tertiary/aromatic N) is 1. The third kappa shape index (κ3) is 14.8. The van der Waals surface area contributed by atoms with E-state index in [4.69, 9.17) is 9.47 Å². The van der Waals surface area contributed by atoms with Crippen LogP contribution in [0, 0.1) is 18.8 Å². The molecule has 2 aliphatic carbocycles. The molecular formula is C43H58N4O6S. The minimum atomic E-state index is -1.08. The van der Waals surface area contributed by atoms with Crippen LogP contribution >= 0.6 is 0 Å². The fraction of sp³-hybridized carbons (Fsp3) is 0.419. The Hall–Kier alpha value is -4.92. The Kier molecular flexibility index (Phi) is 19.8. The third-order valence-corrected chi connectivity index (χ3v) is 9.69. The molecule has 1 heterocycles. The molecule has 1 unspecified atom stereocenters. The Morgan fingerprint density at radius 2 is 1.56 bits per heavy atom. The lowest BCUT2D eigenvalue weighted by Crippen LogP contribution is -2.48. The summed E-state index contributed by atoms with van der Waals surface area (Å²) in [6, 6.07) is 25.4. The number of methoxy groups -OCH3 is 2. The van der Waals surface area contributed by atoms with Gasteiger partial charge in [-0.25, -0.2) is 4.21 Å². The highest BCUT2D eigenvalue weighted by Crippen LogP contribution is 2.40. The number of amides is 3. The summed E-state index contributed by atoms with van der Waals surface area (Å²) in [7, 11) is 2.18. The molecule has 54 heavy (non-hydrogen) atoms. The molecule has 3 fully saturated rings. The molecule has 3 amide bonds. The molecule has 3 aromatic carbocycles. The molecule has 2 saturated carbocycles. The van der Waals surface area contributed by atoms with Gasteiger partial charge in [-0.2, -0.15) is 0 Å². The van der Waals surface area contributed by atoms with Crippen LogP contribution in [0.25, 0.3) is 11.1 Å². The van der Waals surface area contributed by atoms with E-state index < -0.39 is 22.6 Å². The Morgan fingerprint density at radius 1 is 0.963 bits per heavy atom. The monoisotopic (exact) mass is 758 g/mol. The maximum Gasteiger partial charge on any atom is 0.243 e. The summed E-state index contributed by atoms with van der Waals surface area (Å²) in [6.45, 7) is 12.1. The highest BCUT2D eigenvalue weighted by molar-refractivity contribution is 7.84. The Balaban J connectivity index is 0.000000496. The van der Waals surface area contributed by atoms with Crippen LogP contribution in [0.3, 0.4) is 0 Å². The van der Waals surface area contributed by atoms with Crippen molar-refractivity contribution in [3.05, 3.63) is 97.1 Å². The van der Waals surface area contributed by atoms with Crippen LogP contribution in [0.15, 0.2) is 91.5 Å². The van der Waals surface area contributed by atoms with Crippen LogP contribution in [-0.4, -0.2) is 72.0 Å². The highest BCUT2D eigenvalue weighted by Gasteiger charge is 2.50. The summed E-state index contributed by atoms with van der Waals surface area (Å²) in [5.41, 5.74) is 3.20. The zero-order valence-corrected chi connectivity index (χ0v) is 33.4. The lowest BCUT2D eigenvalue weighted by Gasteiger charge is -2.28. The van der Waals surface area contributed by atoms with E-state index >= 15 is 0 Å². The number of likely N-dealkylation sites (tertiary alicyclic amines) is 1. The number of nitrogens with one attached hydrogen (secondary N) is 3. The fourth-order valence-electron chi connectivity index (χ4n) is 5.40. The van der Waals surface area contributed by atoms with Crippen molar-refractivity contribution in [2.75, 3.05) is 32.6 Å². The standard InChI is InChI=1S/C30H33N3O4.C4H7NO2S.C4H10.C3H6.C2H2/c1-36-26-10-6-9-25(17-26)31-19-28(34)33-20-30(37-2,18-27(33)29(35)32-24-15-16-24)23-13-11-22(12-14-23)21-7-4-3-5-8-21;6-3-5-8(7)4-1-2-4;1-4(2)3;1-3-2;1-2/h3-14,17,24,27,31H,15-16,18-20H2,1-2H3,(H,32,35);3-4H,1-2H2,(H,5,6);4H,1-3H3;3H,1H2,2H3;1-2H/t27-,30-;;;;/m0..../s1. The Labute approximate surface area is 325 Å². The fourth-order valence-corrected chi connectivity index (χ4v) is 6.26. The molecule has 3 N–H and O–H groups in total. The number of carbonyl (C=O) groups excluding carboxylic acids is 3. The van der Waals surface area contributed by atoms with Crippen LogP contribution in [-0.2, 0) is 35.7 Å². The lowest BCUT2D eigenvalue weighted by atomic mass is 9.89. The first-order valence-corrected chi connectivity index (χ1v) is 19.4. The Bertz CT molecular complexity index is 1640. The van der Waals surface area contributed by atoms with Crippen molar-refractivity contribution in [1.29, 1.82) is 0 Å². The molecule has 0 aromatic heterocycles. The number of hydrogen-bond acceptors (Lipinski definition) is 7. The van der Waals surface area contributed by atoms with Gasteiger partial charge in [0.1, 0.15) is 28.4 Å². The van der Waals surface area contributed by atoms with Crippen molar-refractivity contribution in [1.82, 2.24) is 14.9 Å². The van der Waals surface area contributed by atoms with Crippen molar-refractivity contribution in [2.45, 2.75) is 82.7 Å². The number of allylic oxidation sites excluding steroid dienone is 1. The van der Waals surface area contributed by atoms with Gasteiger partial charge in [0.05, 0.1) is 25.4 Å². The number of hydrogen-bond donors (Lipinski definition) is 3. The predicted octanol–water partition coefficient (Wildman–Crippen LogP) is 6.86. The summed E-state index contributed by atoms with van der Waals surface area (Å²) < 4.78 is 24.1. The van der Waals surface area contributed by atoms with E-state index in [0.717, 1.165) is 54.0 Å². The number of rotatable bonds is 12. The molecule has 1 saturated heterocycles. The van der Waals surface area contributed by atoms with Gasteiger partial charge in [-0.1, -0.05) is 87.5 Å².